The number of rotatable bonds is 2. The van der Waals surface area contributed by atoms with Crippen molar-refractivity contribution in [2.45, 2.75) is 20.8 Å². The highest BCUT2D eigenvalue weighted by molar-refractivity contribution is 5.68. The van der Waals surface area contributed by atoms with E-state index in [1.165, 1.54) is 7.11 Å². The Balaban J connectivity index is 3.35. The highest BCUT2D eigenvalue weighted by Crippen LogP contribution is 2.33. The Morgan fingerprint density at radius 3 is 2.19 bits per heavy atom. The minimum atomic E-state index is -0.186. The molecule has 86 valence electrons. The van der Waals surface area contributed by atoms with Gasteiger partial charge in [-0.05, 0) is 16.7 Å². The molecule has 1 N–H and O–H groups in total. The van der Waals surface area contributed by atoms with Crippen LogP contribution in [0.15, 0.2) is 42.0 Å². The molecule has 0 aromatic heterocycles. The second-order valence-corrected chi connectivity index (χ2v) is 4.63. The molecular weight excluding hydrogens is 200 g/mol. The Morgan fingerprint density at radius 2 is 1.75 bits per heavy atom. The molecule has 2 heteroatoms. The highest BCUT2D eigenvalue weighted by Gasteiger charge is 2.19. The first kappa shape index (κ1) is 12.4. The van der Waals surface area contributed by atoms with Crippen molar-refractivity contribution in [1.82, 2.24) is 0 Å². The quantitative estimate of drug-likeness (QED) is 0.605. The molecule has 0 saturated heterocycles. The van der Waals surface area contributed by atoms with Crippen molar-refractivity contribution in [1.29, 1.82) is 0 Å². The van der Waals surface area contributed by atoms with E-state index in [9.17, 15) is 5.11 Å². The number of ether oxygens (including phenoxy) is 1. The maximum atomic E-state index is 9.42. The second kappa shape index (κ2) is 4.91. The average Bonchev–Trinajstić information content (AvgIpc) is 2.25. The fourth-order valence-corrected chi connectivity index (χ4v) is 1.46. The van der Waals surface area contributed by atoms with Crippen LogP contribution in [0.5, 0.6) is 0 Å². The van der Waals surface area contributed by atoms with Crippen LogP contribution in [0.4, 0.5) is 0 Å². The van der Waals surface area contributed by atoms with Crippen LogP contribution in [0.3, 0.4) is 0 Å². The zero-order valence-corrected chi connectivity index (χ0v) is 10.2. The maximum Gasteiger partial charge on any atom is 0.325 e. The predicted molar refractivity (Wildman–Crippen MR) is 66.0 cm³/mol. The second-order valence-electron chi connectivity index (χ2n) is 4.63. The predicted octanol–water partition coefficient (Wildman–Crippen LogP) is 3.76. The Labute approximate surface area is 96.9 Å². The molecule has 0 fully saturated rings. The van der Waals surface area contributed by atoms with E-state index in [1.54, 1.807) is 0 Å². The van der Waals surface area contributed by atoms with Gasteiger partial charge in [-0.1, -0.05) is 51.1 Å². The van der Waals surface area contributed by atoms with Crippen molar-refractivity contribution in [2.75, 3.05) is 7.11 Å². The molecular formula is C14H18O2. The lowest BCUT2D eigenvalue weighted by atomic mass is 9.83. The summed E-state index contributed by atoms with van der Waals surface area (Å²) in [6.45, 7) is 6.22. The van der Waals surface area contributed by atoms with Gasteiger partial charge in [0, 0.05) is 5.57 Å². The Morgan fingerprint density at radius 1 is 1.19 bits per heavy atom. The van der Waals surface area contributed by atoms with Crippen molar-refractivity contribution >= 4 is 5.57 Å². The van der Waals surface area contributed by atoms with Crippen LogP contribution in [0.25, 0.3) is 5.57 Å². The SMILES string of the molecule is COC(O)=C=C(c1ccccc1)C(C)(C)C. The lowest BCUT2D eigenvalue weighted by Crippen LogP contribution is -2.08. The molecule has 0 bridgehead atoms. The third-order valence-corrected chi connectivity index (χ3v) is 2.24. The van der Waals surface area contributed by atoms with E-state index < -0.39 is 0 Å². The summed E-state index contributed by atoms with van der Waals surface area (Å²) in [6, 6.07) is 9.88. The summed E-state index contributed by atoms with van der Waals surface area (Å²) in [5.74, 6) is -0.186. The number of allylic oxidation sites excluding steroid dienone is 1. The van der Waals surface area contributed by atoms with Crippen LogP contribution in [0.1, 0.15) is 26.3 Å². The van der Waals surface area contributed by atoms with E-state index in [1.807, 2.05) is 30.3 Å². The van der Waals surface area contributed by atoms with Crippen LogP contribution in [0, 0.1) is 5.41 Å². The lowest BCUT2D eigenvalue weighted by molar-refractivity contribution is 0.137. The number of benzene rings is 1. The average molecular weight is 218 g/mol. The van der Waals surface area contributed by atoms with Gasteiger partial charge in [0.25, 0.3) is 0 Å². The summed E-state index contributed by atoms with van der Waals surface area (Å²) in [5, 5.41) is 9.42. The number of aliphatic hydroxyl groups excluding tert-OH is 1. The van der Waals surface area contributed by atoms with Crippen molar-refractivity contribution in [2.24, 2.45) is 5.41 Å². The summed E-state index contributed by atoms with van der Waals surface area (Å²) in [7, 11) is 1.42. The van der Waals surface area contributed by atoms with Crippen LogP contribution in [-0.4, -0.2) is 12.2 Å². The van der Waals surface area contributed by atoms with Gasteiger partial charge in [-0.15, -0.1) is 0 Å². The summed E-state index contributed by atoms with van der Waals surface area (Å²) in [6.07, 6.45) is 0. The van der Waals surface area contributed by atoms with E-state index in [-0.39, 0.29) is 11.4 Å². The van der Waals surface area contributed by atoms with E-state index >= 15 is 0 Å². The molecule has 0 unspecified atom stereocenters. The topological polar surface area (TPSA) is 29.5 Å². The molecule has 0 atom stereocenters. The molecule has 0 saturated carbocycles. The van der Waals surface area contributed by atoms with Gasteiger partial charge >= 0.3 is 5.95 Å². The first-order valence-electron chi connectivity index (χ1n) is 5.25. The smallest absolute Gasteiger partial charge is 0.325 e. The Hall–Kier alpha value is -1.66. The minimum absolute atomic E-state index is 0.103. The first-order chi connectivity index (χ1) is 7.45. The zero-order valence-electron chi connectivity index (χ0n) is 10.2. The van der Waals surface area contributed by atoms with Crippen molar-refractivity contribution in [3.05, 3.63) is 47.6 Å². The Bertz CT molecular complexity index is 404. The molecule has 1 aromatic rings. The van der Waals surface area contributed by atoms with Gasteiger partial charge in [-0.25, -0.2) is 0 Å². The molecule has 0 amide bonds. The molecule has 1 rings (SSSR count). The highest BCUT2D eigenvalue weighted by atomic mass is 16.6. The number of methoxy groups -OCH3 is 1. The number of hydrogen-bond acceptors (Lipinski definition) is 2. The van der Waals surface area contributed by atoms with Crippen LogP contribution >= 0.6 is 0 Å². The molecule has 0 spiro atoms. The van der Waals surface area contributed by atoms with E-state index in [4.69, 9.17) is 4.74 Å². The number of aliphatic hydroxyl groups is 1. The van der Waals surface area contributed by atoms with Crippen LogP contribution < -0.4 is 0 Å². The van der Waals surface area contributed by atoms with Crippen LogP contribution in [0.2, 0.25) is 0 Å². The summed E-state index contributed by atoms with van der Waals surface area (Å²) in [4.78, 5) is 0. The third-order valence-electron chi connectivity index (χ3n) is 2.24. The van der Waals surface area contributed by atoms with Crippen molar-refractivity contribution in [3.63, 3.8) is 0 Å². The normalized spacial score (nSPS) is 10.5. The zero-order chi connectivity index (χ0) is 12.2. The molecule has 0 aliphatic carbocycles. The fraction of sp³-hybridized carbons (Fsp3) is 0.357. The molecule has 0 heterocycles. The number of hydrogen-bond donors (Lipinski definition) is 1. The monoisotopic (exact) mass is 218 g/mol. The third kappa shape index (κ3) is 3.18. The van der Waals surface area contributed by atoms with Crippen LogP contribution in [-0.2, 0) is 4.74 Å². The molecule has 1 aromatic carbocycles. The largest absolute Gasteiger partial charge is 0.475 e. The van der Waals surface area contributed by atoms with Gasteiger partial charge in [-0.2, -0.15) is 0 Å². The van der Waals surface area contributed by atoms with E-state index in [0.717, 1.165) is 11.1 Å². The lowest BCUT2D eigenvalue weighted by Gasteiger charge is -2.21. The Kier molecular flexibility index (Phi) is 3.81. The van der Waals surface area contributed by atoms with Gasteiger partial charge < -0.3 is 9.84 Å². The maximum absolute atomic E-state index is 9.42. The standard InChI is InChI=1S/C14H18O2/c1-14(2,3)12(10-13(15)16-4)11-8-6-5-7-9-11/h5-9,15H,1-4H3. The van der Waals surface area contributed by atoms with Gasteiger partial charge in [-0.3, -0.25) is 0 Å². The molecule has 0 aliphatic rings. The molecule has 0 radical (unpaired) electrons. The minimum Gasteiger partial charge on any atom is -0.475 e. The molecule has 16 heavy (non-hydrogen) atoms. The van der Waals surface area contributed by atoms with Crippen molar-refractivity contribution in [3.8, 4) is 0 Å². The fourth-order valence-electron chi connectivity index (χ4n) is 1.46. The molecule has 0 aliphatic heterocycles. The van der Waals surface area contributed by atoms with Gasteiger partial charge in [0.2, 0.25) is 0 Å². The van der Waals surface area contributed by atoms with Gasteiger partial charge in [0.05, 0.1) is 7.11 Å². The van der Waals surface area contributed by atoms with Gasteiger partial charge in [0.1, 0.15) is 0 Å². The summed E-state index contributed by atoms with van der Waals surface area (Å²) < 4.78 is 4.74. The van der Waals surface area contributed by atoms with Crippen molar-refractivity contribution < 1.29 is 9.84 Å². The first-order valence-corrected chi connectivity index (χ1v) is 5.25. The van der Waals surface area contributed by atoms with E-state index in [2.05, 4.69) is 26.5 Å². The summed E-state index contributed by atoms with van der Waals surface area (Å²) in [5.41, 5.74) is 4.75. The summed E-state index contributed by atoms with van der Waals surface area (Å²) >= 11 is 0. The molecule has 2 nitrogen and oxygen atoms in total. The van der Waals surface area contributed by atoms with E-state index in [0.29, 0.717) is 0 Å². The van der Waals surface area contributed by atoms with Gasteiger partial charge in [0.15, 0.2) is 0 Å².